The van der Waals surface area contributed by atoms with E-state index >= 15 is 0 Å². The van der Waals surface area contributed by atoms with Gasteiger partial charge in [0.05, 0.1) is 16.7 Å². The SMILES string of the molecule is C=N/C(=C(\C=C(/C)c1cc(-c2ccccc2)ccc1-c1ccccc1)c1nc(-c2ccccc2)nc(-c2ccccc2)n1)c1ccc2oc3ccc4c(c5ccccc5n4-c4ccccc4)c3c2c1. The summed E-state index contributed by atoms with van der Waals surface area (Å²) < 4.78 is 9.01. The summed E-state index contributed by atoms with van der Waals surface area (Å²) in [5.41, 5.74) is 15.3. The molecule has 12 aromatic rings. The molecule has 12 rings (SSSR count). The normalized spacial score (nSPS) is 12.2. The predicted octanol–water partition coefficient (Wildman–Crippen LogP) is 16.2. The highest BCUT2D eigenvalue weighted by Crippen LogP contribution is 2.43. The lowest BCUT2D eigenvalue weighted by Gasteiger charge is -2.16. The first-order valence-electron chi connectivity index (χ1n) is 23.1. The van der Waals surface area contributed by atoms with E-state index in [4.69, 9.17) is 24.4 Å². The fourth-order valence-electron chi connectivity index (χ4n) is 9.67. The van der Waals surface area contributed by atoms with E-state index in [0.29, 0.717) is 28.7 Å². The predicted molar refractivity (Wildman–Crippen MR) is 286 cm³/mol. The van der Waals surface area contributed by atoms with Crippen LogP contribution in [-0.4, -0.2) is 26.2 Å². The van der Waals surface area contributed by atoms with Crippen molar-refractivity contribution in [3.05, 3.63) is 247 Å². The van der Waals surface area contributed by atoms with Crippen LogP contribution < -0.4 is 0 Å². The van der Waals surface area contributed by atoms with Crippen molar-refractivity contribution in [3.63, 3.8) is 0 Å². The Balaban J connectivity index is 1.14. The van der Waals surface area contributed by atoms with Gasteiger partial charge in [-0.3, -0.25) is 4.99 Å². The molecule has 0 fully saturated rings. The molecule has 0 atom stereocenters. The molecule has 0 saturated carbocycles. The number of nitrogens with zero attached hydrogens (tertiary/aromatic N) is 5. The van der Waals surface area contributed by atoms with Gasteiger partial charge in [0.1, 0.15) is 11.2 Å². The van der Waals surface area contributed by atoms with Crippen molar-refractivity contribution in [2.75, 3.05) is 0 Å². The van der Waals surface area contributed by atoms with E-state index in [9.17, 15) is 0 Å². The Hall–Kier alpha value is -9.26. The highest BCUT2D eigenvalue weighted by molar-refractivity contribution is 6.27. The number of aliphatic imine (C=N–C) groups is 1. The molecule has 0 aliphatic heterocycles. The molecule has 9 aromatic carbocycles. The molecule has 0 amide bonds. The molecular formula is C63H43N5O. The van der Waals surface area contributed by atoms with Crippen LogP contribution >= 0.6 is 0 Å². The van der Waals surface area contributed by atoms with E-state index in [-0.39, 0.29) is 0 Å². The molecule has 0 unspecified atom stereocenters. The molecule has 3 heterocycles. The molecule has 0 saturated heterocycles. The van der Waals surface area contributed by atoms with Gasteiger partial charge in [0, 0.05) is 49.5 Å². The number of furan rings is 1. The van der Waals surface area contributed by atoms with Crippen LogP contribution in [0.2, 0.25) is 0 Å². The number of para-hydroxylation sites is 2. The number of rotatable bonds is 10. The molecular weight excluding hydrogens is 843 g/mol. The smallest absolute Gasteiger partial charge is 0.166 e. The van der Waals surface area contributed by atoms with Crippen LogP contribution in [0.4, 0.5) is 0 Å². The largest absolute Gasteiger partial charge is 0.456 e. The fourth-order valence-corrected chi connectivity index (χ4v) is 9.67. The van der Waals surface area contributed by atoms with Crippen LogP contribution in [0, 0.1) is 0 Å². The Morgan fingerprint density at radius 2 is 1.07 bits per heavy atom. The van der Waals surface area contributed by atoms with Gasteiger partial charge >= 0.3 is 0 Å². The van der Waals surface area contributed by atoms with Crippen molar-refractivity contribution in [2.24, 2.45) is 4.99 Å². The first-order chi connectivity index (χ1) is 34.1. The third-order valence-electron chi connectivity index (χ3n) is 12.9. The Bertz CT molecular complexity index is 3890. The standard InChI is InChI=1S/C63H43N5O/c1-41(51-39-46(42-20-8-3-9-21-42)32-34-49(51)43-22-10-4-11-23-43)38-53(63-66-61(44-24-12-5-13-25-44)65-62(67-63)45-26-14-6-15-27-45)60(64-2)47-33-36-56-52(40-47)59-57(69-56)37-35-55-58(59)50-30-18-19-31-54(50)68(55)48-28-16-7-17-29-48/h3-40H,2H2,1H3/b41-38+,60-53+. The molecule has 6 nitrogen and oxygen atoms in total. The summed E-state index contributed by atoms with van der Waals surface area (Å²) in [6.07, 6.45) is 2.17. The lowest BCUT2D eigenvalue weighted by molar-refractivity contribution is 0.669. The second-order valence-corrected chi connectivity index (χ2v) is 17.1. The lowest BCUT2D eigenvalue weighted by Crippen LogP contribution is -2.04. The summed E-state index contributed by atoms with van der Waals surface area (Å²) in [7, 11) is 0. The fraction of sp³-hybridized carbons (Fsp3) is 0.0159. The van der Waals surface area contributed by atoms with Gasteiger partial charge in [-0.15, -0.1) is 0 Å². The molecule has 326 valence electrons. The molecule has 0 spiro atoms. The van der Waals surface area contributed by atoms with Crippen molar-refractivity contribution in [2.45, 2.75) is 6.92 Å². The molecule has 0 aliphatic carbocycles. The maximum absolute atomic E-state index is 6.68. The lowest BCUT2D eigenvalue weighted by atomic mass is 9.90. The topological polar surface area (TPSA) is 69.1 Å². The maximum atomic E-state index is 6.68. The molecule has 6 heteroatoms. The average molecular weight is 886 g/mol. The quantitative estimate of drug-likeness (QED) is 0.101. The summed E-state index contributed by atoms with van der Waals surface area (Å²) in [4.78, 5) is 20.6. The summed E-state index contributed by atoms with van der Waals surface area (Å²) in [6, 6.07) is 77.5. The van der Waals surface area contributed by atoms with Gasteiger partial charge in [-0.25, -0.2) is 15.0 Å². The van der Waals surface area contributed by atoms with Crippen LogP contribution in [0.15, 0.2) is 240 Å². The van der Waals surface area contributed by atoms with Crippen LogP contribution in [0.5, 0.6) is 0 Å². The van der Waals surface area contributed by atoms with E-state index in [1.807, 2.05) is 72.8 Å². The minimum atomic E-state index is 0.468. The van der Waals surface area contributed by atoms with E-state index in [2.05, 4.69) is 176 Å². The number of fused-ring (bicyclic) bond motifs is 7. The molecule has 0 radical (unpaired) electrons. The van der Waals surface area contributed by atoms with Gasteiger partial charge < -0.3 is 8.98 Å². The Morgan fingerprint density at radius 3 is 1.72 bits per heavy atom. The first-order valence-corrected chi connectivity index (χ1v) is 23.1. The summed E-state index contributed by atoms with van der Waals surface area (Å²) in [5.74, 6) is 1.57. The number of hydrogen-bond acceptors (Lipinski definition) is 5. The average Bonchev–Trinajstić information content (AvgIpc) is 3.97. The van der Waals surface area contributed by atoms with Crippen molar-refractivity contribution in [1.29, 1.82) is 0 Å². The van der Waals surface area contributed by atoms with E-state index in [1.54, 1.807) is 0 Å². The molecule has 69 heavy (non-hydrogen) atoms. The van der Waals surface area contributed by atoms with E-state index < -0.39 is 0 Å². The zero-order chi connectivity index (χ0) is 46.3. The summed E-state index contributed by atoms with van der Waals surface area (Å²) in [5, 5.41) is 4.28. The van der Waals surface area contributed by atoms with Gasteiger partial charge in [0.2, 0.25) is 0 Å². The van der Waals surface area contributed by atoms with Crippen LogP contribution in [0.1, 0.15) is 23.9 Å². The minimum absolute atomic E-state index is 0.468. The molecule has 0 N–H and O–H groups in total. The van der Waals surface area contributed by atoms with E-state index in [0.717, 1.165) is 99.5 Å². The third kappa shape index (κ3) is 7.50. The van der Waals surface area contributed by atoms with Crippen molar-refractivity contribution in [3.8, 4) is 50.7 Å². The van der Waals surface area contributed by atoms with Crippen LogP contribution in [0.25, 0.3) is 111 Å². The third-order valence-corrected chi connectivity index (χ3v) is 12.9. The highest BCUT2D eigenvalue weighted by atomic mass is 16.3. The Labute approximate surface area is 399 Å². The molecule has 3 aromatic heterocycles. The van der Waals surface area contributed by atoms with Gasteiger partial charge in [-0.05, 0) is 108 Å². The molecule has 0 aliphatic rings. The van der Waals surface area contributed by atoms with E-state index in [1.165, 1.54) is 0 Å². The monoisotopic (exact) mass is 885 g/mol. The highest BCUT2D eigenvalue weighted by Gasteiger charge is 2.22. The van der Waals surface area contributed by atoms with Crippen LogP contribution in [0.3, 0.4) is 0 Å². The zero-order valence-electron chi connectivity index (χ0n) is 37.8. The van der Waals surface area contributed by atoms with Gasteiger partial charge in [-0.1, -0.05) is 170 Å². The number of hydrogen-bond donors (Lipinski definition) is 0. The van der Waals surface area contributed by atoms with Gasteiger partial charge in [-0.2, -0.15) is 0 Å². The second-order valence-electron chi connectivity index (χ2n) is 17.1. The van der Waals surface area contributed by atoms with Crippen molar-refractivity contribution >= 4 is 67.3 Å². The Morgan fingerprint density at radius 1 is 0.493 bits per heavy atom. The number of allylic oxidation sites excluding steroid dienone is 3. The second kappa shape index (κ2) is 17.5. The minimum Gasteiger partial charge on any atom is -0.456 e. The number of aromatic nitrogens is 4. The summed E-state index contributed by atoms with van der Waals surface area (Å²) in [6.45, 7) is 6.42. The Kier molecular flexibility index (Phi) is 10.5. The molecule has 0 bridgehead atoms. The first kappa shape index (κ1) is 41.2. The summed E-state index contributed by atoms with van der Waals surface area (Å²) >= 11 is 0. The van der Waals surface area contributed by atoms with Crippen molar-refractivity contribution in [1.82, 2.24) is 19.5 Å². The van der Waals surface area contributed by atoms with Gasteiger partial charge in [0.25, 0.3) is 0 Å². The number of benzene rings is 9. The zero-order valence-corrected chi connectivity index (χ0v) is 37.8. The van der Waals surface area contributed by atoms with Gasteiger partial charge in [0.15, 0.2) is 17.5 Å². The van der Waals surface area contributed by atoms with Crippen LogP contribution in [-0.2, 0) is 0 Å². The van der Waals surface area contributed by atoms with Crippen molar-refractivity contribution < 1.29 is 4.42 Å². The maximum Gasteiger partial charge on any atom is 0.166 e.